The molecule has 0 aliphatic carbocycles. The fraction of sp³-hybridized carbons (Fsp3) is 0. The largest absolute Gasteiger partial charge is 0.288 e. The summed E-state index contributed by atoms with van der Waals surface area (Å²) >= 11 is 8.68. The predicted octanol–water partition coefficient (Wildman–Crippen LogP) is 4.36. The van der Waals surface area contributed by atoms with E-state index >= 15 is 0 Å². The lowest BCUT2D eigenvalue weighted by molar-refractivity contribution is 0.105. The molecule has 0 atom stereocenters. The fourth-order valence-electron chi connectivity index (χ4n) is 1.08. The van der Waals surface area contributed by atoms with Gasteiger partial charge in [0.25, 0.3) is 0 Å². The first kappa shape index (κ1) is 10.6. The molecule has 0 unspecified atom stereocenters. The zero-order valence-corrected chi connectivity index (χ0v) is 10.0. The van der Waals surface area contributed by atoms with Crippen LogP contribution in [0.1, 0.15) is 14.5 Å². The van der Waals surface area contributed by atoms with Crippen molar-refractivity contribution >= 4 is 46.1 Å². The molecule has 0 aromatic carbocycles. The third kappa shape index (κ3) is 2.78. The van der Waals surface area contributed by atoms with Gasteiger partial charge in [-0.05, 0) is 35.7 Å². The Kier molecular flexibility index (Phi) is 3.36. The summed E-state index contributed by atoms with van der Waals surface area (Å²) in [5.74, 6) is 0.0366. The van der Waals surface area contributed by atoms with E-state index in [2.05, 4.69) is 0 Å². The van der Waals surface area contributed by atoms with Crippen LogP contribution in [0.5, 0.6) is 0 Å². The maximum absolute atomic E-state index is 11.6. The van der Waals surface area contributed by atoms with E-state index in [0.29, 0.717) is 0 Å². The number of allylic oxidation sites excluding steroid dienone is 1. The van der Waals surface area contributed by atoms with Crippen molar-refractivity contribution in [2.75, 3.05) is 0 Å². The number of carbonyl (C=O) groups is 1. The normalized spacial score (nSPS) is 11.0. The lowest BCUT2D eigenvalue weighted by atomic mass is 10.3. The van der Waals surface area contributed by atoms with Crippen LogP contribution in [-0.2, 0) is 0 Å². The first-order valence-corrected chi connectivity index (χ1v) is 6.34. The average Bonchev–Trinajstić information content (AvgIpc) is 2.84. The van der Waals surface area contributed by atoms with Crippen molar-refractivity contribution in [3.63, 3.8) is 0 Å². The molecule has 2 rings (SSSR count). The minimum Gasteiger partial charge on any atom is -0.288 e. The molecule has 0 aliphatic rings. The highest BCUT2D eigenvalue weighted by molar-refractivity contribution is 7.17. The third-order valence-corrected chi connectivity index (χ3v) is 3.84. The Morgan fingerprint density at radius 3 is 2.80 bits per heavy atom. The summed E-state index contributed by atoms with van der Waals surface area (Å²) in [4.78, 5) is 13.3. The second kappa shape index (κ2) is 4.75. The summed E-state index contributed by atoms with van der Waals surface area (Å²) in [5, 5.41) is 1.89. The Hall–Kier alpha value is -0.900. The van der Waals surface area contributed by atoms with E-state index in [1.54, 1.807) is 12.2 Å². The quantitative estimate of drug-likeness (QED) is 0.588. The number of hydrogen-bond donors (Lipinski definition) is 0. The molecule has 0 radical (unpaired) electrons. The van der Waals surface area contributed by atoms with Gasteiger partial charge in [0.2, 0.25) is 0 Å². The molecule has 1 nitrogen and oxygen atoms in total. The average molecular weight is 255 g/mol. The minimum atomic E-state index is 0.0366. The van der Waals surface area contributed by atoms with E-state index in [9.17, 15) is 4.79 Å². The molecule has 0 aliphatic heterocycles. The van der Waals surface area contributed by atoms with Crippen LogP contribution in [0.3, 0.4) is 0 Å². The first-order chi connectivity index (χ1) is 7.25. The second-order valence-corrected chi connectivity index (χ2v) is 5.51. The first-order valence-electron chi connectivity index (χ1n) is 4.27. The lowest BCUT2D eigenvalue weighted by Gasteiger charge is -1.86. The van der Waals surface area contributed by atoms with Gasteiger partial charge >= 0.3 is 0 Å². The zero-order chi connectivity index (χ0) is 10.7. The van der Waals surface area contributed by atoms with Gasteiger partial charge in [-0.25, -0.2) is 0 Å². The van der Waals surface area contributed by atoms with Crippen LogP contribution in [0.25, 0.3) is 6.08 Å². The highest BCUT2D eigenvalue weighted by Crippen LogP contribution is 2.22. The topological polar surface area (TPSA) is 17.1 Å². The van der Waals surface area contributed by atoms with Gasteiger partial charge in [-0.3, -0.25) is 4.79 Å². The van der Waals surface area contributed by atoms with Crippen LogP contribution < -0.4 is 0 Å². The van der Waals surface area contributed by atoms with Gasteiger partial charge in [0.1, 0.15) is 0 Å². The van der Waals surface area contributed by atoms with Crippen molar-refractivity contribution in [1.29, 1.82) is 0 Å². The third-order valence-electron chi connectivity index (χ3n) is 1.76. The number of halogens is 1. The van der Waals surface area contributed by atoms with E-state index < -0.39 is 0 Å². The van der Waals surface area contributed by atoms with Crippen molar-refractivity contribution in [2.45, 2.75) is 0 Å². The summed E-state index contributed by atoms with van der Waals surface area (Å²) in [7, 11) is 0. The molecule has 0 fully saturated rings. The Labute approximate surface area is 101 Å². The Morgan fingerprint density at radius 1 is 1.33 bits per heavy atom. The van der Waals surface area contributed by atoms with Crippen molar-refractivity contribution in [2.24, 2.45) is 0 Å². The van der Waals surface area contributed by atoms with Crippen molar-refractivity contribution in [3.05, 3.63) is 49.8 Å². The maximum atomic E-state index is 11.6. The van der Waals surface area contributed by atoms with E-state index in [1.807, 2.05) is 29.6 Å². The van der Waals surface area contributed by atoms with Crippen molar-refractivity contribution in [1.82, 2.24) is 0 Å². The molecule has 0 spiro atoms. The predicted molar refractivity (Wildman–Crippen MR) is 67.0 cm³/mol. The van der Waals surface area contributed by atoms with Crippen LogP contribution in [0.15, 0.2) is 35.7 Å². The molecule has 0 bridgehead atoms. The molecule has 4 heteroatoms. The standard InChI is InChI=1S/C11H7ClOS2/c12-11-6-4-8(15-11)3-5-9(13)10-2-1-7-14-10/h1-7H. The minimum absolute atomic E-state index is 0.0366. The van der Waals surface area contributed by atoms with Gasteiger partial charge in [-0.15, -0.1) is 22.7 Å². The molecular weight excluding hydrogens is 248 g/mol. The molecule has 2 aromatic heterocycles. The summed E-state index contributed by atoms with van der Waals surface area (Å²) in [6.45, 7) is 0. The summed E-state index contributed by atoms with van der Waals surface area (Å²) in [5.41, 5.74) is 0. The van der Waals surface area contributed by atoms with E-state index in [-0.39, 0.29) is 5.78 Å². The van der Waals surface area contributed by atoms with Gasteiger partial charge in [-0.2, -0.15) is 0 Å². The molecule has 0 N–H and O–H groups in total. The monoisotopic (exact) mass is 254 g/mol. The zero-order valence-electron chi connectivity index (χ0n) is 7.64. The molecule has 2 aromatic rings. The van der Waals surface area contributed by atoms with Gasteiger partial charge in [0, 0.05) is 4.88 Å². The second-order valence-electron chi connectivity index (χ2n) is 2.82. The van der Waals surface area contributed by atoms with Crippen LogP contribution >= 0.6 is 34.3 Å². The molecule has 0 saturated heterocycles. The van der Waals surface area contributed by atoms with E-state index in [0.717, 1.165) is 14.1 Å². The van der Waals surface area contributed by atoms with Gasteiger partial charge in [0.05, 0.1) is 9.21 Å². The number of ketones is 1. The van der Waals surface area contributed by atoms with E-state index in [4.69, 9.17) is 11.6 Å². The smallest absolute Gasteiger partial charge is 0.195 e. The van der Waals surface area contributed by atoms with Gasteiger partial charge in [0.15, 0.2) is 5.78 Å². The van der Waals surface area contributed by atoms with Crippen LogP contribution in [-0.4, -0.2) is 5.78 Å². The highest BCUT2D eigenvalue weighted by Gasteiger charge is 2.01. The maximum Gasteiger partial charge on any atom is 0.195 e. The van der Waals surface area contributed by atoms with Crippen LogP contribution in [0, 0.1) is 0 Å². The Balaban J connectivity index is 2.09. The molecule has 15 heavy (non-hydrogen) atoms. The molecule has 0 saturated carbocycles. The summed E-state index contributed by atoms with van der Waals surface area (Å²) in [6, 6.07) is 7.40. The van der Waals surface area contributed by atoms with Gasteiger partial charge in [-0.1, -0.05) is 17.7 Å². The van der Waals surface area contributed by atoms with Gasteiger partial charge < -0.3 is 0 Å². The van der Waals surface area contributed by atoms with E-state index in [1.165, 1.54) is 22.7 Å². The fourth-order valence-corrected chi connectivity index (χ4v) is 2.69. The van der Waals surface area contributed by atoms with Crippen molar-refractivity contribution < 1.29 is 4.79 Å². The molecule has 2 heterocycles. The number of thiophene rings is 2. The Bertz CT molecular complexity index is 482. The van der Waals surface area contributed by atoms with Crippen molar-refractivity contribution in [3.8, 4) is 0 Å². The van der Waals surface area contributed by atoms with Crippen LogP contribution in [0.2, 0.25) is 4.34 Å². The molecule has 76 valence electrons. The molecular formula is C11H7ClOS2. The summed E-state index contributed by atoms with van der Waals surface area (Å²) < 4.78 is 0.734. The molecule has 0 amide bonds. The lowest BCUT2D eigenvalue weighted by Crippen LogP contribution is -1.87. The summed E-state index contributed by atoms with van der Waals surface area (Å²) in [6.07, 6.45) is 3.37. The number of carbonyl (C=O) groups excluding carboxylic acids is 1. The van der Waals surface area contributed by atoms with Crippen LogP contribution in [0.4, 0.5) is 0 Å². The Morgan fingerprint density at radius 2 is 2.20 bits per heavy atom. The SMILES string of the molecule is O=C(C=Cc1ccc(Cl)s1)c1cccs1. The number of hydrogen-bond acceptors (Lipinski definition) is 3. The highest BCUT2D eigenvalue weighted by atomic mass is 35.5. The number of rotatable bonds is 3.